The van der Waals surface area contributed by atoms with Crippen LogP contribution in [0.15, 0.2) is 23.4 Å². The molecule has 0 saturated carbocycles. The molecule has 0 atom stereocenters. The van der Waals surface area contributed by atoms with Gasteiger partial charge in [0.1, 0.15) is 0 Å². The highest BCUT2D eigenvalue weighted by Gasteiger charge is 2.24. The third-order valence-electron chi connectivity index (χ3n) is 3.77. The van der Waals surface area contributed by atoms with Crippen molar-refractivity contribution >= 4 is 8.07 Å². The van der Waals surface area contributed by atoms with Crippen LogP contribution in [-0.2, 0) is 0 Å². The van der Waals surface area contributed by atoms with Crippen molar-refractivity contribution in [2.45, 2.75) is 58.2 Å². The Morgan fingerprint density at radius 2 is 1.86 bits per heavy atom. The molecule has 0 aliphatic heterocycles. The molecule has 1 aliphatic rings. The minimum Gasteiger partial charge on any atom is -0.0911 e. The Kier molecular flexibility index (Phi) is 4.66. The molecule has 0 heterocycles. The molecule has 0 aromatic rings. The van der Waals surface area contributed by atoms with E-state index in [0.717, 1.165) is 0 Å². The van der Waals surface area contributed by atoms with Crippen LogP contribution < -0.4 is 0 Å². The van der Waals surface area contributed by atoms with Gasteiger partial charge in [-0.25, -0.2) is 0 Å². The summed E-state index contributed by atoms with van der Waals surface area (Å²) in [5, 5.41) is 0. The van der Waals surface area contributed by atoms with Gasteiger partial charge in [-0.15, -0.1) is 0 Å². The van der Waals surface area contributed by atoms with Gasteiger partial charge in [-0.05, 0) is 19.3 Å². The molecule has 1 heteroatoms. The van der Waals surface area contributed by atoms with E-state index in [1.807, 2.05) is 0 Å². The Labute approximate surface area is 90.1 Å². The zero-order chi connectivity index (χ0) is 10.4. The second-order valence-corrected chi connectivity index (χ2v) is 9.57. The summed E-state index contributed by atoms with van der Waals surface area (Å²) in [6.45, 7) is 7.13. The van der Waals surface area contributed by atoms with E-state index in [9.17, 15) is 0 Å². The summed E-state index contributed by atoms with van der Waals surface area (Å²) < 4.78 is 0. The topological polar surface area (TPSA) is 0 Å². The van der Waals surface area contributed by atoms with Crippen molar-refractivity contribution < 1.29 is 0 Å². The highest BCUT2D eigenvalue weighted by atomic mass is 28.3. The Morgan fingerprint density at radius 1 is 1.21 bits per heavy atom. The first kappa shape index (κ1) is 11.8. The van der Waals surface area contributed by atoms with Crippen LogP contribution in [0.5, 0.6) is 0 Å². The average Bonchev–Trinajstić information content (AvgIpc) is 2.28. The van der Waals surface area contributed by atoms with Crippen molar-refractivity contribution in [3.05, 3.63) is 23.4 Å². The molecule has 0 nitrogen and oxygen atoms in total. The molecule has 0 amide bonds. The van der Waals surface area contributed by atoms with E-state index in [1.165, 1.54) is 37.4 Å². The number of hydrogen-bond donors (Lipinski definition) is 0. The average molecular weight is 208 g/mol. The van der Waals surface area contributed by atoms with Crippen LogP contribution in [-0.4, -0.2) is 8.07 Å². The van der Waals surface area contributed by atoms with Crippen LogP contribution in [0, 0.1) is 0 Å². The van der Waals surface area contributed by atoms with Gasteiger partial charge in [0.15, 0.2) is 0 Å². The predicted molar refractivity (Wildman–Crippen MR) is 68.3 cm³/mol. The Balaban J connectivity index is 2.79. The Bertz CT molecular complexity index is 213. The summed E-state index contributed by atoms with van der Waals surface area (Å²) in [7, 11) is -1.02. The molecule has 1 aliphatic carbocycles. The molecule has 0 aromatic heterocycles. The lowest BCUT2D eigenvalue weighted by Crippen LogP contribution is -2.29. The Hall–Kier alpha value is -0.303. The fraction of sp³-hybridized carbons (Fsp3) is 0.692. The van der Waals surface area contributed by atoms with Gasteiger partial charge in [0.2, 0.25) is 0 Å². The minimum absolute atomic E-state index is 1.02. The summed E-state index contributed by atoms with van der Waals surface area (Å²) in [6, 6.07) is 4.24. The van der Waals surface area contributed by atoms with E-state index in [4.69, 9.17) is 0 Å². The van der Waals surface area contributed by atoms with E-state index in [1.54, 1.807) is 5.57 Å². The fourth-order valence-electron chi connectivity index (χ4n) is 2.31. The third kappa shape index (κ3) is 2.84. The van der Waals surface area contributed by atoms with Gasteiger partial charge in [0.05, 0.1) is 8.07 Å². The summed E-state index contributed by atoms with van der Waals surface area (Å²) in [5.74, 6) is 0. The molecule has 0 fully saturated rings. The van der Waals surface area contributed by atoms with Crippen LogP contribution in [0.3, 0.4) is 0 Å². The molecule has 0 unspecified atom stereocenters. The first-order valence-electron chi connectivity index (χ1n) is 6.14. The van der Waals surface area contributed by atoms with Crippen molar-refractivity contribution in [1.29, 1.82) is 0 Å². The van der Waals surface area contributed by atoms with Crippen molar-refractivity contribution in [3.8, 4) is 0 Å². The van der Waals surface area contributed by atoms with E-state index >= 15 is 0 Å². The molecule has 80 valence electrons. The maximum absolute atomic E-state index is 2.68. The lowest BCUT2D eigenvalue weighted by Gasteiger charge is -2.25. The van der Waals surface area contributed by atoms with Crippen molar-refractivity contribution in [2.24, 2.45) is 0 Å². The van der Waals surface area contributed by atoms with Gasteiger partial charge in [-0.1, -0.05) is 62.3 Å². The van der Waals surface area contributed by atoms with Gasteiger partial charge in [-0.2, -0.15) is 0 Å². The zero-order valence-electron chi connectivity index (χ0n) is 9.97. The summed E-state index contributed by atoms with van der Waals surface area (Å²) in [5.41, 5.74) is 4.32. The number of hydrogen-bond acceptors (Lipinski definition) is 0. The molecule has 0 spiro atoms. The largest absolute Gasteiger partial charge is 0.0911 e. The standard InChI is InChI=1S/C13H24Si/c1-4-14(5-2,6-3)12-13-10-8-7-9-11-13/h8,10,12H,4-7,9,11H2,1-3H3/b13-12-. The first-order valence-corrected chi connectivity index (χ1v) is 8.84. The molecule has 1 rings (SSSR count). The predicted octanol–water partition coefficient (Wildman–Crippen LogP) is 4.70. The molecule has 0 aromatic carbocycles. The maximum Gasteiger partial charge on any atom is 0.0773 e. The monoisotopic (exact) mass is 208 g/mol. The molecule has 14 heavy (non-hydrogen) atoms. The van der Waals surface area contributed by atoms with Crippen LogP contribution in [0.2, 0.25) is 18.1 Å². The Morgan fingerprint density at radius 3 is 2.29 bits per heavy atom. The van der Waals surface area contributed by atoms with E-state index in [-0.39, 0.29) is 0 Å². The molecule has 0 N–H and O–H groups in total. The number of rotatable bonds is 4. The molecule has 0 bridgehead atoms. The van der Waals surface area contributed by atoms with Crippen LogP contribution in [0.25, 0.3) is 0 Å². The normalized spacial score (nSPS) is 20.4. The van der Waals surface area contributed by atoms with E-state index in [2.05, 4.69) is 38.6 Å². The van der Waals surface area contributed by atoms with Crippen LogP contribution >= 0.6 is 0 Å². The first-order chi connectivity index (χ1) is 6.76. The highest BCUT2D eigenvalue weighted by Crippen LogP contribution is 2.26. The third-order valence-corrected chi connectivity index (χ3v) is 8.98. The van der Waals surface area contributed by atoms with Crippen LogP contribution in [0.1, 0.15) is 40.0 Å². The summed E-state index contributed by atoms with van der Waals surface area (Å²) in [6.07, 6.45) is 8.69. The second-order valence-electron chi connectivity index (χ2n) is 4.44. The number of allylic oxidation sites excluding steroid dienone is 3. The lowest BCUT2D eigenvalue weighted by atomic mass is 10.0. The SMILES string of the molecule is CC[Si](/C=C1/C=CCCC1)(CC)CC. The van der Waals surface area contributed by atoms with Crippen molar-refractivity contribution in [3.63, 3.8) is 0 Å². The van der Waals surface area contributed by atoms with Gasteiger partial charge < -0.3 is 0 Å². The highest BCUT2D eigenvalue weighted by molar-refractivity contribution is 6.84. The van der Waals surface area contributed by atoms with Crippen molar-refractivity contribution in [1.82, 2.24) is 0 Å². The zero-order valence-corrected chi connectivity index (χ0v) is 11.0. The van der Waals surface area contributed by atoms with E-state index < -0.39 is 8.07 Å². The van der Waals surface area contributed by atoms with Crippen molar-refractivity contribution in [2.75, 3.05) is 0 Å². The molecular weight excluding hydrogens is 184 g/mol. The van der Waals surface area contributed by atoms with Gasteiger partial charge in [0, 0.05) is 0 Å². The minimum atomic E-state index is -1.02. The van der Waals surface area contributed by atoms with Gasteiger partial charge in [0.25, 0.3) is 0 Å². The maximum atomic E-state index is 2.68. The summed E-state index contributed by atoms with van der Waals surface area (Å²) >= 11 is 0. The summed E-state index contributed by atoms with van der Waals surface area (Å²) in [4.78, 5) is 0. The van der Waals surface area contributed by atoms with Gasteiger partial charge in [-0.3, -0.25) is 0 Å². The second kappa shape index (κ2) is 5.55. The smallest absolute Gasteiger partial charge is 0.0773 e. The molecule has 0 radical (unpaired) electrons. The molecular formula is C13H24Si. The fourth-order valence-corrected chi connectivity index (χ4v) is 5.45. The lowest BCUT2D eigenvalue weighted by molar-refractivity contribution is 0.821. The quantitative estimate of drug-likeness (QED) is 0.587. The van der Waals surface area contributed by atoms with Crippen LogP contribution in [0.4, 0.5) is 0 Å². The van der Waals surface area contributed by atoms with Gasteiger partial charge >= 0.3 is 0 Å². The van der Waals surface area contributed by atoms with E-state index in [0.29, 0.717) is 0 Å². The molecule has 0 saturated heterocycles.